The number of likely N-dealkylation sites (N-methyl/N-ethyl adjacent to an activating group) is 1. The van der Waals surface area contributed by atoms with Gasteiger partial charge in [0.05, 0.1) is 6.54 Å². The fourth-order valence-corrected chi connectivity index (χ4v) is 1.50. The number of carbonyl (C=O) groups excluding carboxylic acids is 2. The third kappa shape index (κ3) is 5.71. The highest BCUT2D eigenvalue weighted by Crippen LogP contribution is 2.04. The van der Waals surface area contributed by atoms with Crippen molar-refractivity contribution >= 4 is 17.5 Å². The topological polar surface area (TPSA) is 87.5 Å². The zero-order chi connectivity index (χ0) is 15.0. The van der Waals surface area contributed by atoms with Crippen LogP contribution in [-0.2, 0) is 4.79 Å². The van der Waals surface area contributed by atoms with Crippen LogP contribution in [0.4, 0.5) is 5.69 Å². The lowest BCUT2D eigenvalue weighted by atomic mass is 10.2. The van der Waals surface area contributed by atoms with E-state index >= 15 is 0 Å². The summed E-state index contributed by atoms with van der Waals surface area (Å²) in [7, 11) is 1.98. The van der Waals surface area contributed by atoms with Crippen molar-refractivity contribution in [2.45, 2.75) is 6.92 Å². The molecule has 1 aromatic rings. The molecule has 0 unspecified atom stereocenters. The molecule has 0 saturated heterocycles. The van der Waals surface area contributed by atoms with E-state index in [2.05, 4.69) is 22.5 Å². The molecule has 0 fully saturated rings. The minimum absolute atomic E-state index is 0.0287. The lowest BCUT2D eigenvalue weighted by Gasteiger charge is -2.14. The van der Waals surface area contributed by atoms with E-state index in [0.29, 0.717) is 17.8 Å². The van der Waals surface area contributed by atoms with Crippen molar-refractivity contribution in [1.29, 1.82) is 0 Å². The zero-order valence-corrected chi connectivity index (χ0v) is 12.0. The molecule has 0 aliphatic carbocycles. The molecular weight excluding hydrogens is 256 g/mol. The largest absolute Gasteiger partial charge is 0.399 e. The van der Waals surface area contributed by atoms with E-state index in [1.165, 1.54) is 0 Å². The number of rotatable bonds is 7. The summed E-state index contributed by atoms with van der Waals surface area (Å²) < 4.78 is 0. The van der Waals surface area contributed by atoms with Crippen LogP contribution in [0, 0.1) is 0 Å². The van der Waals surface area contributed by atoms with Crippen molar-refractivity contribution in [3.63, 3.8) is 0 Å². The van der Waals surface area contributed by atoms with E-state index in [0.717, 1.165) is 13.1 Å². The molecule has 110 valence electrons. The molecule has 6 heteroatoms. The molecular formula is C14H22N4O2. The number of hydrogen-bond acceptors (Lipinski definition) is 4. The highest BCUT2D eigenvalue weighted by atomic mass is 16.2. The van der Waals surface area contributed by atoms with Crippen molar-refractivity contribution in [3.05, 3.63) is 29.8 Å². The zero-order valence-electron chi connectivity index (χ0n) is 12.0. The highest BCUT2D eigenvalue weighted by Gasteiger charge is 2.07. The van der Waals surface area contributed by atoms with Crippen LogP contribution >= 0.6 is 0 Å². The molecule has 20 heavy (non-hydrogen) atoms. The van der Waals surface area contributed by atoms with Crippen LogP contribution in [-0.4, -0.2) is 49.9 Å². The molecule has 0 aliphatic heterocycles. The first-order valence-electron chi connectivity index (χ1n) is 6.62. The third-order valence-electron chi connectivity index (χ3n) is 2.94. The van der Waals surface area contributed by atoms with Gasteiger partial charge in [-0.1, -0.05) is 6.92 Å². The standard InChI is InChI=1S/C14H22N4O2/c1-3-18(2)9-8-16-13(19)10-17-14(20)11-4-6-12(15)7-5-11/h4-7H,3,8-10,15H2,1-2H3,(H,16,19)(H,17,20). The molecule has 4 N–H and O–H groups in total. The molecule has 0 radical (unpaired) electrons. The maximum absolute atomic E-state index is 11.7. The average Bonchev–Trinajstić information content (AvgIpc) is 2.45. The predicted molar refractivity (Wildman–Crippen MR) is 79.4 cm³/mol. The summed E-state index contributed by atoms with van der Waals surface area (Å²) in [6.07, 6.45) is 0. The van der Waals surface area contributed by atoms with Gasteiger partial charge in [-0.3, -0.25) is 9.59 Å². The number of nitrogens with zero attached hydrogens (tertiary/aromatic N) is 1. The normalized spacial score (nSPS) is 10.3. The molecule has 0 saturated carbocycles. The van der Waals surface area contributed by atoms with E-state index in [4.69, 9.17) is 5.73 Å². The SMILES string of the molecule is CCN(C)CCNC(=O)CNC(=O)c1ccc(N)cc1. The Morgan fingerprint density at radius 3 is 2.45 bits per heavy atom. The minimum atomic E-state index is -0.286. The minimum Gasteiger partial charge on any atom is -0.399 e. The number of carbonyl (C=O) groups is 2. The van der Waals surface area contributed by atoms with Gasteiger partial charge in [-0.2, -0.15) is 0 Å². The van der Waals surface area contributed by atoms with Crippen molar-refractivity contribution in [2.75, 3.05) is 39.0 Å². The van der Waals surface area contributed by atoms with Crippen LogP contribution in [0.25, 0.3) is 0 Å². The number of nitrogens with one attached hydrogen (secondary N) is 2. The molecule has 0 atom stereocenters. The second-order valence-electron chi connectivity index (χ2n) is 4.55. The third-order valence-corrected chi connectivity index (χ3v) is 2.94. The van der Waals surface area contributed by atoms with Gasteiger partial charge < -0.3 is 21.3 Å². The molecule has 1 rings (SSSR count). The lowest BCUT2D eigenvalue weighted by Crippen LogP contribution is -2.39. The molecule has 0 spiro atoms. The first-order valence-corrected chi connectivity index (χ1v) is 6.62. The fourth-order valence-electron chi connectivity index (χ4n) is 1.50. The second-order valence-corrected chi connectivity index (χ2v) is 4.55. The Hall–Kier alpha value is -2.08. The van der Waals surface area contributed by atoms with Crippen molar-refractivity contribution < 1.29 is 9.59 Å². The van der Waals surface area contributed by atoms with E-state index < -0.39 is 0 Å². The average molecular weight is 278 g/mol. The Bertz CT molecular complexity index is 445. The van der Waals surface area contributed by atoms with Gasteiger partial charge in [0, 0.05) is 24.3 Å². The van der Waals surface area contributed by atoms with Gasteiger partial charge in [-0.25, -0.2) is 0 Å². The van der Waals surface area contributed by atoms with Crippen LogP contribution < -0.4 is 16.4 Å². The second kappa shape index (κ2) is 8.16. The summed E-state index contributed by atoms with van der Waals surface area (Å²) in [5, 5.41) is 5.31. The van der Waals surface area contributed by atoms with Gasteiger partial charge in [-0.05, 0) is 37.9 Å². The fraction of sp³-hybridized carbons (Fsp3) is 0.429. The van der Waals surface area contributed by atoms with Crippen LogP contribution in [0.2, 0.25) is 0 Å². The first-order chi connectivity index (χ1) is 9.52. The highest BCUT2D eigenvalue weighted by molar-refractivity contribution is 5.96. The van der Waals surface area contributed by atoms with Crippen LogP contribution in [0.3, 0.4) is 0 Å². The molecule has 1 aromatic carbocycles. The molecule has 6 nitrogen and oxygen atoms in total. The summed E-state index contributed by atoms with van der Waals surface area (Å²) >= 11 is 0. The Labute approximate surface area is 119 Å². The lowest BCUT2D eigenvalue weighted by molar-refractivity contribution is -0.120. The van der Waals surface area contributed by atoms with Gasteiger partial charge in [0.25, 0.3) is 5.91 Å². The summed E-state index contributed by atoms with van der Waals surface area (Å²) in [6, 6.07) is 6.54. The molecule has 2 amide bonds. The van der Waals surface area contributed by atoms with Crippen molar-refractivity contribution in [2.24, 2.45) is 0 Å². The maximum Gasteiger partial charge on any atom is 0.251 e. The summed E-state index contributed by atoms with van der Waals surface area (Å²) in [5.41, 5.74) is 6.62. The van der Waals surface area contributed by atoms with E-state index in [9.17, 15) is 9.59 Å². The number of anilines is 1. The van der Waals surface area contributed by atoms with E-state index in [-0.39, 0.29) is 18.4 Å². The Morgan fingerprint density at radius 1 is 1.20 bits per heavy atom. The molecule has 0 bridgehead atoms. The number of hydrogen-bond donors (Lipinski definition) is 3. The smallest absolute Gasteiger partial charge is 0.251 e. The van der Waals surface area contributed by atoms with Gasteiger partial charge in [0.1, 0.15) is 0 Å². The molecule has 0 aliphatic rings. The summed E-state index contributed by atoms with van der Waals surface area (Å²) in [4.78, 5) is 25.4. The summed E-state index contributed by atoms with van der Waals surface area (Å²) in [5.74, 6) is -0.482. The number of amides is 2. The predicted octanol–water partition coefficient (Wildman–Crippen LogP) is 0.0665. The molecule has 0 heterocycles. The maximum atomic E-state index is 11.7. The van der Waals surface area contributed by atoms with Crippen molar-refractivity contribution in [3.8, 4) is 0 Å². The number of nitrogens with two attached hydrogens (primary N) is 1. The Kier molecular flexibility index (Phi) is 6.52. The van der Waals surface area contributed by atoms with E-state index in [1.807, 2.05) is 7.05 Å². The number of nitrogen functional groups attached to an aromatic ring is 1. The van der Waals surface area contributed by atoms with Gasteiger partial charge in [-0.15, -0.1) is 0 Å². The quantitative estimate of drug-likeness (QED) is 0.616. The molecule has 0 aromatic heterocycles. The van der Waals surface area contributed by atoms with E-state index in [1.54, 1.807) is 24.3 Å². The van der Waals surface area contributed by atoms with Gasteiger partial charge in [0.15, 0.2) is 0 Å². The van der Waals surface area contributed by atoms with Crippen LogP contribution in [0.1, 0.15) is 17.3 Å². The van der Waals surface area contributed by atoms with Crippen LogP contribution in [0.5, 0.6) is 0 Å². The number of benzene rings is 1. The van der Waals surface area contributed by atoms with Gasteiger partial charge in [0.2, 0.25) is 5.91 Å². The van der Waals surface area contributed by atoms with Crippen LogP contribution in [0.15, 0.2) is 24.3 Å². The summed E-state index contributed by atoms with van der Waals surface area (Å²) in [6.45, 7) is 4.31. The Balaban J connectivity index is 2.27. The van der Waals surface area contributed by atoms with Gasteiger partial charge >= 0.3 is 0 Å². The van der Waals surface area contributed by atoms with Crippen molar-refractivity contribution in [1.82, 2.24) is 15.5 Å². The monoisotopic (exact) mass is 278 g/mol. The Morgan fingerprint density at radius 2 is 1.85 bits per heavy atom. The first kappa shape index (κ1) is 16.0.